The number of carbonyl (C=O) groups is 2. The highest BCUT2D eigenvalue weighted by molar-refractivity contribution is 5.77. The Morgan fingerprint density at radius 1 is 0.444 bits per heavy atom. The van der Waals surface area contributed by atoms with E-state index in [1.54, 1.807) is 0 Å². The Morgan fingerprint density at radius 3 is 1.14 bits per heavy atom. The molecule has 0 radical (unpaired) electrons. The van der Waals surface area contributed by atoms with Crippen LogP contribution < -0.4 is 5.32 Å². The Morgan fingerprint density at radius 2 is 0.762 bits per heavy atom. The first-order valence-electron chi connectivity index (χ1n) is 28.4. The smallest absolute Gasteiger partial charge is 0.306 e. The van der Waals surface area contributed by atoms with E-state index in [1.807, 2.05) is 0 Å². The van der Waals surface area contributed by atoms with E-state index < -0.39 is 18.2 Å². The molecule has 0 aromatic rings. The minimum Gasteiger partial charge on any atom is -0.462 e. The molecule has 0 heterocycles. The summed E-state index contributed by atoms with van der Waals surface area (Å²) in [7, 11) is 0. The number of allylic oxidation sites excluding steroid dienone is 2. The third kappa shape index (κ3) is 46.9. The molecular formula is C57H111NO5. The van der Waals surface area contributed by atoms with Crippen molar-refractivity contribution in [2.75, 3.05) is 6.61 Å². The number of ether oxygens (including phenoxy) is 1. The molecule has 1 amide bonds. The first-order valence-corrected chi connectivity index (χ1v) is 28.4. The van der Waals surface area contributed by atoms with Crippen molar-refractivity contribution in [2.45, 2.75) is 334 Å². The fourth-order valence-corrected chi connectivity index (χ4v) is 9.02. The molecule has 63 heavy (non-hydrogen) atoms. The number of carbonyl (C=O) groups excluding carboxylic acids is 2. The molecule has 3 atom stereocenters. The third-order valence-corrected chi connectivity index (χ3v) is 13.3. The molecular weight excluding hydrogens is 779 g/mol. The van der Waals surface area contributed by atoms with Crippen LogP contribution in [-0.2, 0) is 14.3 Å². The number of nitrogens with one attached hydrogen (secondary N) is 1. The highest BCUT2D eigenvalue weighted by Gasteiger charge is 2.24. The van der Waals surface area contributed by atoms with Crippen LogP contribution >= 0.6 is 0 Å². The van der Waals surface area contributed by atoms with E-state index in [0.29, 0.717) is 19.3 Å². The van der Waals surface area contributed by atoms with Crippen molar-refractivity contribution < 1.29 is 24.5 Å². The highest BCUT2D eigenvalue weighted by atomic mass is 16.5. The van der Waals surface area contributed by atoms with E-state index in [2.05, 4.69) is 38.2 Å². The van der Waals surface area contributed by atoms with Crippen molar-refractivity contribution in [2.24, 2.45) is 0 Å². The molecule has 0 bridgehead atoms. The quantitative estimate of drug-likeness (QED) is 0.0321. The van der Waals surface area contributed by atoms with E-state index in [4.69, 9.17) is 4.74 Å². The van der Waals surface area contributed by atoms with Crippen molar-refractivity contribution in [1.82, 2.24) is 5.32 Å². The summed E-state index contributed by atoms with van der Waals surface area (Å²) < 4.78 is 5.95. The zero-order valence-corrected chi connectivity index (χ0v) is 42.7. The lowest BCUT2D eigenvalue weighted by atomic mass is 10.0. The van der Waals surface area contributed by atoms with Gasteiger partial charge in [-0.1, -0.05) is 264 Å². The molecule has 0 aliphatic carbocycles. The molecule has 0 saturated heterocycles. The average Bonchev–Trinajstić information content (AvgIpc) is 3.28. The molecule has 0 aliphatic rings. The Kier molecular flexibility index (Phi) is 50.4. The second kappa shape index (κ2) is 51.6. The molecule has 0 aliphatic heterocycles. The number of rotatable bonds is 52. The van der Waals surface area contributed by atoms with Crippen molar-refractivity contribution in [3.8, 4) is 0 Å². The number of hydrogen-bond acceptors (Lipinski definition) is 5. The summed E-state index contributed by atoms with van der Waals surface area (Å²) in [5.74, 6) is -0.467. The average molecular weight is 891 g/mol. The lowest BCUT2D eigenvalue weighted by molar-refractivity contribution is -0.151. The molecule has 6 nitrogen and oxygen atoms in total. The third-order valence-electron chi connectivity index (χ3n) is 13.3. The van der Waals surface area contributed by atoms with Crippen LogP contribution in [-0.4, -0.2) is 46.9 Å². The van der Waals surface area contributed by atoms with Gasteiger partial charge < -0.3 is 20.3 Å². The van der Waals surface area contributed by atoms with Crippen LogP contribution in [0.4, 0.5) is 0 Å². The Hall–Kier alpha value is -1.40. The van der Waals surface area contributed by atoms with E-state index in [1.165, 1.54) is 212 Å². The number of aliphatic hydroxyl groups excluding tert-OH is 2. The second-order valence-electron chi connectivity index (χ2n) is 19.7. The van der Waals surface area contributed by atoms with Crippen molar-refractivity contribution in [3.63, 3.8) is 0 Å². The number of aliphatic hydroxyl groups is 2. The summed E-state index contributed by atoms with van der Waals surface area (Å²) in [6, 6.07) is -0.700. The Bertz CT molecular complexity index is 955. The van der Waals surface area contributed by atoms with Gasteiger partial charge in [-0.3, -0.25) is 9.59 Å². The van der Waals surface area contributed by atoms with E-state index in [9.17, 15) is 19.8 Å². The predicted molar refractivity (Wildman–Crippen MR) is 273 cm³/mol. The SMILES string of the molecule is CCCCCCCCC/C=C/CCCCCC(CC(=O)NC(CO)C(O)CCCCCCCCCCCCCCC)OC(=O)CCCCCCCCCCCCCCCCCCC. The maximum Gasteiger partial charge on any atom is 0.306 e. The number of unbranched alkanes of at least 4 members (excludes halogenated alkanes) is 38. The van der Waals surface area contributed by atoms with Gasteiger partial charge in [-0.2, -0.15) is 0 Å². The van der Waals surface area contributed by atoms with Gasteiger partial charge in [-0.25, -0.2) is 0 Å². The molecule has 0 rings (SSSR count). The molecule has 3 unspecified atom stereocenters. The van der Waals surface area contributed by atoms with E-state index in [0.717, 1.165) is 57.8 Å². The summed E-state index contributed by atoms with van der Waals surface area (Å²) in [6.07, 6.45) is 58.5. The monoisotopic (exact) mass is 890 g/mol. The van der Waals surface area contributed by atoms with Crippen LogP contribution in [0.15, 0.2) is 12.2 Å². The molecule has 0 fully saturated rings. The summed E-state index contributed by atoms with van der Waals surface area (Å²) in [4.78, 5) is 26.2. The second-order valence-corrected chi connectivity index (χ2v) is 19.7. The van der Waals surface area contributed by atoms with Gasteiger partial charge in [-0.15, -0.1) is 0 Å². The van der Waals surface area contributed by atoms with Gasteiger partial charge in [0.2, 0.25) is 5.91 Å². The first kappa shape index (κ1) is 61.6. The molecule has 0 aromatic heterocycles. The van der Waals surface area contributed by atoms with Crippen molar-refractivity contribution in [3.05, 3.63) is 12.2 Å². The van der Waals surface area contributed by atoms with Gasteiger partial charge in [0.05, 0.1) is 25.2 Å². The zero-order valence-electron chi connectivity index (χ0n) is 42.7. The van der Waals surface area contributed by atoms with Crippen LogP contribution in [0.2, 0.25) is 0 Å². The van der Waals surface area contributed by atoms with Gasteiger partial charge in [0, 0.05) is 6.42 Å². The zero-order chi connectivity index (χ0) is 45.9. The molecule has 3 N–H and O–H groups in total. The number of amides is 1. The standard InChI is InChI=1S/C57H111NO5/c1-4-7-10-13-16-19-22-25-27-28-29-32-35-38-41-44-47-50-57(62)63-53(48-45-42-39-36-33-31-26-23-20-17-14-11-8-5-2)51-56(61)58-54(52-59)55(60)49-46-43-40-37-34-30-24-21-18-15-12-9-6-3/h31,33,53-55,59-60H,4-30,32,34-52H2,1-3H3,(H,58,61)/b33-31+. The Balaban J connectivity index is 4.51. The molecule has 6 heteroatoms. The van der Waals surface area contributed by atoms with Crippen LogP contribution in [0.3, 0.4) is 0 Å². The van der Waals surface area contributed by atoms with E-state index >= 15 is 0 Å². The van der Waals surface area contributed by atoms with Gasteiger partial charge in [-0.05, 0) is 51.4 Å². The number of hydrogen-bond donors (Lipinski definition) is 3. The van der Waals surface area contributed by atoms with Gasteiger partial charge in [0.1, 0.15) is 6.10 Å². The minimum absolute atomic E-state index is 0.0745. The fraction of sp³-hybridized carbons (Fsp3) is 0.930. The lowest BCUT2D eigenvalue weighted by Gasteiger charge is -2.24. The van der Waals surface area contributed by atoms with Gasteiger partial charge in [0.25, 0.3) is 0 Å². The fourth-order valence-electron chi connectivity index (χ4n) is 9.02. The summed E-state index contributed by atoms with van der Waals surface area (Å²) in [6.45, 7) is 6.51. The van der Waals surface area contributed by atoms with Crippen LogP contribution in [0, 0.1) is 0 Å². The van der Waals surface area contributed by atoms with Gasteiger partial charge >= 0.3 is 5.97 Å². The molecule has 0 aromatic carbocycles. The van der Waals surface area contributed by atoms with Crippen LogP contribution in [0.1, 0.15) is 316 Å². The highest BCUT2D eigenvalue weighted by Crippen LogP contribution is 2.19. The predicted octanol–water partition coefficient (Wildman–Crippen LogP) is 17.3. The summed E-state index contributed by atoms with van der Waals surface area (Å²) in [5, 5.41) is 23.8. The summed E-state index contributed by atoms with van der Waals surface area (Å²) >= 11 is 0. The Labute approximate surface area is 393 Å². The number of esters is 1. The first-order chi connectivity index (χ1) is 31.0. The van der Waals surface area contributed by atoms with Gasteiger partial charge in [0.15, 0.2) is 0 Å². The lowest BCUT2D eigenvalue weighted by Crippen LogP contribution is -2.46. The van der Waals surface area contributed by atoms with Crippen molar-refractivity contribution >= 4 is 11.9 Å². The molecule has 374 valence electrons. The van der Waals surface area contributed by atoms with Crippen LogP contribution in [0.5, 0.6) is 0 Å². The van der Waals surface area contributed by atoms with Crippen molar-refractivity contribution in [1.29, 1.82) is 0 Å². The van der Waals surface area contributed by atoms with Crippen LogP contribution in [0.25, 0.3) is 0 Å². The maximum absolute atomic E-state index is 13.2. The molecule has 0 spiro atoms. The normalized spacial score (nSPS) is 13.2. The topological polar surface area (TPSA) is 95.9 Å². The minimum atomic E-state index is -0.786. The van der Waals surface area contributed by atoms with E-state index in [-0.39, 0.29) is 24.9 Å². The molecule has 0 saturated carbocycles. The summed E-state index contributed by atoms with van der Waals surface area (Å²) in [5.41, 5.74) is 0. The maximum atomic E-state index is 13.2. The largest absolute Gasteiger partial charge is 0.462 e.